The molecule has 0 saturated carbocycles. The number of carbonyl (C=O) groups excluding carboxylic acids is 1. The summed E-state index contributed by atoms with van der Waals surface area (Å²) in [5.41, 5.74) is 0. The lowest BCUT2D eigenvalue weighted by atomic mass is 9.96. The molecule has 4 heteroatoms. The molecule has 0 unspecified atom stereocenters. The zero-order valence-corrected chi connectivity index (χ0v) is 10.1. The van der Waals surface area contributed by atoms with Gasteiger partial charge in [0.15, 0.2) is 0 Å². The smallest absolute Gasteiger partial charge is 0.223 e. The summed E-state index contributed by atoms with van der Waals surface area (Å²) in [6, 6.07) is 0. The highest BCUT2D eigenvalue weighted by molar-refractivity contribution is 5.78. The normalized spacial score (nSPS) is 28.2. The average molecular weight is 226 g/mol. The van der Waals surface area contributed by atoms with Crippen LogP contribution in [0.3, 0.4) is 0 Å². The average Bonchev–Trinajstić information content (AvgIpc) is 2.80. The Morgan fingerprint density at radius 1 is 1.38 bits per heavy atom. The lowest BCUT2D eigenvalue weighted by Gasteiger charge is -2.28. The van der Waals surface area contributed by atoms with E-state index in [4.69, 9.17) is 4.74 Å². The summed E-state index contributed by atoms with van der Waals surface area (Å²) in [6.07, 6.45) is 4.47. The summed E-state index contributed by atoms with van der Waals surface area (Å²) in [6.45, 7) is 3.63. The molecule has 16 heavy (non-hydrogen) atoms. The molecule has 1 N–H and O–H groups in total. The van der Waals surface area contributed by atoms with E-state index < -0.39 is 0 Å². The van der Waals surface area contributed by atoms with Crippen LogP contribution in [0.5, 0.6) is 0 Å². The Kier molecular flexibility index (Phi) is 4.18. The molecular weight excluding hydrogens is 204 g/mol. The Morgan fingerprint density at radius 3 is 2.75 bits per heavy atom. The molecule has 4 nitrogen and oxygen atoms in total. The first-order chi connectivity index (χ1) is 7.75. The third kappa shape index (κ3) is 3.19. The summed E-state index contributed by atoms with van der Waals surface area (Å²) in [5.74, 6) is 0.446. The lowest BCUT2D eigenvalue weighted by Crippen LogP contribution is -2.41. The molecule has 1 atom stereocenters. The van der Waals surface area contributed by atoms with Crippen molar-refractivity contribution in [2.75, 3.05) is 33.3 Å². The highest BCUT2D eigenvalue weighted by Crippen LogP contribution is 2.16. The number of nitrogens with one attached hydrogen (secondary N) is 1. The van der Waals surface area contributed by atoms with Gasteiger partial charge in [-0.1, -0.05) is 0 Å². The zero-order chi connectivity index (χ0) is 11.4. The summed E-state index contributed by atoms with van der Waals surface area (Å²) in [5, 5.41) is 3.03. The highest BCUT2D eigenvalue weighted by Gasteiger charge is 2.24. The molecular formula is C12H22N2O2. The number of amides is 1. The van der Waals surface area contributed by atoms with Crippen molar-refractivity contribution in [2.24, 2.45) is 5.92 Å². The van der Waals surface area contributed by atoms with Crippen LogP contribution in [0.2, 0.25) is 0 Å². The van der Waals surface area contributed by atoms with E-state index in [9.17, 15) is 4.79 Å². The van der Waals surface area contributed by atoms with Gasteiger partial charge in [0.05, 0.1) is 6.10 Å². The van der Waals surface area contributed by atoms with E-state index in [0.717, 1.165) is 45.4 Å². The van der Waals surface area contributed by atoms with Crippen LogP contribution in [0.4, 0.5) is 0 Å². The Labute approximate surface area is 97.3 Å². The van der Waals surface area contributed by atoms with Gasteiger partial charge in [-0.25, -0.2) is 0 Å². The molecule has 92 valence electrons. The maximum atomic E-state index is 11.9. The number of piperidine rings is 1. The van der Waals surface area contributed by atoms with Crippen molar-refractivity contribution in [1.29, 1.82) is 0 Å². The van der Waals surface area contributed by atoms with Gasteiger partial charge in [-0.3, -0.25) is 4.79 Å². The standard InChI is InChI=1S/C12H22N2O2/c1-14-6-4-10(5-7-14)12(15)13-9-11-3-2-8-16-11/h10-11H,2-9H2,1H3,(H,13,15)/t11-/m0/s1. The molecule has 2 aliphatic heterocycles. The second kappa shape index (κ2) is 5.64. The summed E-state index contributed by atoms with van der Waals surface area (Å²) >= 11 is 0. The van der Waals surface area contributed by atoms with Crippen LogP contribution in [-0.2, 0) is 9.53 Å². The van der Waals surface area contributed by atoms with Crippen molar-refractivity contribution in [2.45, 2.75) is 31.8 Å². The maximum Gasteiger partial charge on any atom is 0.223 e. The van der Waals surface area contributed by atoms with Crippen LogP contribution >= 0.6 is 0 Å². The monoisotopic (exact) mass is 226 g/mol. The molecule has 0 aromatic rings. The third-order valence-corrected chi connectivity index (χ3v) is 3.62. The number of ether oxygens (including phenoxy) is 1. The van der Waals surface area contributed by atoms with E-state index in [2.05, 4.69) is 17.3 Å². The minimum absolute atomic E-state index is 0.220. The summed E-state index contributed by atoms with van der Waals surface area (Å²) in [7, 11) is 2.11. The Morgan fingerprint density at radius 2 is 2.12 bits per heavy atom. The molecule has 0 aromatic carbocycles. The van der Waals surface area contributed by atoms with Crippen LogP contribution in [0.15, 0.2) is 0 Å². The highest BCUT2D eigenvalue weighted by atomic mass is 16.5. The van der Waals surface area contributed by atoms with Crippen LogP contribution in [-0.4, -0.2) is 50.2 Å². The first-order valence-corrected chi connectivity index (χ1v) is 6.33. The Hall–Kier alpha value is -0.610. The molecule has 0 aliphatic carbocycles. The molecule has 0 radical (unpaired) electrons. The Balaban J connectivity index is 1.67. The third-order valence-electron chi connectivity index (χ3n) is 3.62. The van der Waals surface area contributed by atoms with Crippen molar-refractivity contribution in [3.05, 3.63) is 0 Å². The number of carbonyl (C=O) groups is 1. The first kappa shape index (κ1) is 11.9. The van der Waals surface area contributed by atoms with Gasteiger partial charge in [-0.05, 0) is 45.8 Å². The Bertz CT molecular complexity index is 231. The van der Waals surface area contributed by atoms with Crippen LogP contribution in [0, 0.1) is 5.92 Å². The number of nitrogens with zero attached hydrogens (tertiary/aromatic N) is 1. The largest absolute Gasteiger partial charge is 0.376 e. The van der Waals surface area contributed by atoms with Gasteiger partial charge in [0.1, 0.15) is 0 Å². The molecule has 0 bridgehead atoms. The van der Waals surface area contributed by atoms with E-state index in [-0.39, 0.29) is 17.9 Å². The number of hydrogen-bond donors (Lipinski definition) is 1. The van der Waals surface area contributed by atoms with Crippen molar-refractivity contribution in [3.63, 3.8) is 0 Å². The molecule has 2 saturated heterocycles. The van der Waals surface area contributed by atoms with Gasteiger partial charge in [-0.15, -0.1) is 0 Å². The van der Waals surface area contributed by atoms with E-state index >= 15 is 0 Å². The number of likely N-dealkylation sites (tertiary alicyclic amines) is 1. The fourth-order valence-corrected chi connectivity index (χ4v) is 2.43. The van der Waals surface area contributed by atoms with Crippen molar-refractivity contribution >= 4 is 5.91 Å². The number of rotatable bonds is 3. The minimum Gasteiger partial charge on any atom is -0.376 e. The van der Waals surface area contributed by atoms with Crippen molar-refractivity contribution < 1.29 is 9.53 Å². The first-order valence-electron chi connectivity index (χ1n) is 6.33. The predicted molar refractivity (Wildman–Crippen MR) is 62.2 cm³/mol. The lowest BCUT2D eigenvalue weighted by molar-refractivity contribution is -0.126. The second-order valence-corrected chi connectivity index (χ2v) is 4.96. The van der Waals surface area contributed by atoms with Gasteiger partial charge in [0.2, 0.25) is 5.91 Å². The number of hydrogen-bond acceptors (Lipinski definition) is 3. The van der Waals surface area contributed by atoms with Gasteiger partial charge >= 0.3 is 0 Å². The fourth-order valence-electron chi connectivity index (χ4n) is 2.43. The van der Waals surface area contributed by atoms with Gasteiger partial charge in [-0.2, -0.15) is 0 Å². The van der Waals surface area contributed by atoms with Crippen molar-refractivity contribution in [1.82, 2.24) is 10.2 Å². The van der Waals surface area contributed by atoms with E-state index in [1.165, 1.54) is 0 Å². The minimum atomic E-state index is 0.220. The van der Waals surface area contributed by atoms with Gasteiger partial charge < -0.3 is 15.0 Å². The van der Waals surface area contributed by atoms with Crippen LogP contribution in [0.25, 0.3) is 0 Å². The van der Waals surface area contributed by atoms with Gasteiger partial charge in [0, 0.05) is 19.1 Å². The molecule has 2 aliphatic rings. The maximum absolute atomic E-state index is 11.9. The van der Waals surface area contributed by atoms with E-state index in [1.807, 2.05) is 0 Å². The summed E-state index contributed by atoms with van der Waals surface area (Å²) < 4.78 is 5.48. The SMILES string of the molecule is CN1CCC(C(=O)NC[C@@H]2CCCO2)CC1. The van der Waals surface area contributed by atoms with E-state index in [1.54, 1.807) is 0 Å². The molecule has 0 spiro atoms. The molecule has 2 heterocycles. The fraction of sp³-hybridized carbons (Fsp3) is 0.917. The van der Waals surface area contributed by atoms with Crippen molar-refractivity contribution in [3.8, 4) is 0 Å². The van der Waals surface area contributed by atoms with Crippen LogP contribution in [0.1, 0.15) is 25.7 Å². The van der Waals surface area contributed by atoms with Gasteiger partial charge in [0.25, 0.3) is 0 Å². The quantitative estimate of drug-likeness (QED) is 0.767. The molecule has 1 amide bonds. The topological polar surface area (TPSA) is 41.6 Å². The predicted octanol–water partition coefficient (Wildman–Crippen LogP) is 0.623. The van der Waals surface area contributed by atoms with E-state index in [0.29, 0.717) is 6.54 Å². The second-order valence-electron chi connectivity index (χ2n) is 4.96. The molecule has 2 rings (SSSR count). The summed E-state index contributed by atoms with van der Waals surface area (Å²) in [4.78, 5) is 14.2. The molecule has 0 aromatic heterocycles. The van der Waals surface area contributed by atoms with Crippen LogP contribution < -0.4 is 5.32 Å². The zero-order valence-electron chi connectivity index (χ0n) is 10.1. The molecule has 2 fully saturated rings.